The minimum absolute atomic E-state index is 0.0294. The fourth-order valence-corrected chi connectivity index (χ4v) is 3.52. The maximum Gasteiger partial charge on any atom is 0.322 e. The molecular formula is C21H18F4N2O4S. The van der Waals surface area contributed by atoms with E-state index in [-0.39, 0.29) is 44.5 Å². The lowest BCUT2D eigenvalue weighted by atomic mass is 10.0. The van der Waals surface area contributed by atoms with E-state index in [9.17, 15) is 31.2 Å². The molecule has 1 heterocycles. The molecule has 0 aliphatic carbocycles. The van der Waals surface area contributed by atoms with Crippen LogP contribution in [0.15, 0.2) is 48.5 Å². The van der Waals surface area contributed by atoms with E-state index in [1.807, 2.05) is 0 Å². The summed E-state index contributed by atoms with van der Waals surface area (Å²) in [5, 5.41) is 12.0. The third kappa shape index (κ3) is 5.10. The maximum atomic E-state index is 14.1. The van der Waals surface area contributed by atoms with Gasteiger partial charge in [0.2, 0.25) is 10.0 Å². The standard InChI is InChI=1S/C21H18F4N2O4S/c1-3-32(29,30)26-15-5-7-19(31-20-6-4-14(22)10-17(20)23)16(11-15)13-8-12(2)27(28)18(9-13)21(24)25/h4-11,21,26H,3H2,1-2H3. The molecule has 0 radical (unpaired) electrons. The summed E-state index contributed by atoms with van der Waals surface area (Å²) in [6, 6.07) is 8.83. The van der Waals surface area contributed by atoms with Crippen molar-refractivity contribution in [2.75, 3.05) is 10.5 Å². The Morgan fingerprint density at radius 1 is 1.06 bits per heavy atom. The Hall–Kier alpha value is -3.34. The first-order chi connectivity index (χ1) is 15.0. The van der Waals surface area contributed by atoms with Gasteiger partial charge in [-0.2, -0.15) is 13.5 Å². The molecule has 1 N–H and O–H groups in total. The Morgan fingerprint density at radius 3 is 2.38 bits per heavy atom. The number of hydrogen-bond donors (Lipinski definition) is 1. The van der Waals surface area contributed by atoms with Crippen molar-refractivity contribution in [2.24, 2.45) is 0 Å². The second kappa shape index (κ2) is 9.03. The molecule has 3 rings (SSSR count). The van der Waals surface area contributed by atoms with Crippen molar-refractivity contribution in [1.29, 1.82) is 0 Å². The summed E-state index contributed by atoms with van der Waals surface area (Å²) in [5.74, 6) is -2.40. The molecule has 32 heavy (non-hydrogen) atoms. The van der Waals surface area contributed by atoms with Gasteiger partial charge in [-0.3, -0.25) is 4.72 Å². The molecule has 0 fully saturated rings. The highest BCUT2D eigenvalue weighted by molar-refractivity contribution is 7.92. The quantitative estimate of drug-likeness (QED) is 0.297. The van der Waals surface area contributed by atoms with E-state index in [1.165, 1.54) is 38.1 Å². The van der Waals surface area contributed by atoms with Crippen LogP contribution in [0.4, 0.5) is 23.2 Å². The largest absolute Gasteiger partial charge is 0.618 e. The van der Waals surface area contributed by atoms with Crippen molar-refractivity contribution in [3.05, 3.63) is 76.8 Å². The molecule has 0 atom stereocenters. The molecule has 0 amide bonds. The molecular weight excluding hydrogens is 452 g/mol. The number of ether oxygens (including phenoxy) is 1. The molecule has 1 aromatic heterocycles. The van der Waals surface area contributed by atoms with Crippen LogP contribution >= 0.6 is 0 Å². The molecule has 6 nitrogen and oxygen atoms in total. The van der Waals surface area contributed by atoms with Gasteiger partial charge < -0.3 is 9.94 Å². The summed E-state index contributed by atoms with van der Waals surface area (Å²) in [7, 11) is -3.66. The predicted octanol–water partition coefficient (Wildman–Crippen LogP) is 5.07. The third-order valence-electron chi connectivity index (χ3n) is 4.50. The van der Waals surface area contributed by atoms with Crippen LogP contribution in [0.25, 0.3) is 11.1 Å². The molecule has 3 aromatic rings. The number of aromatic nitrogens is 1. The molecule has 0 aliphatic rings. The molecule has 0 saturated carbocycles. The first-order valence-corrected chi connectivity index (χ1v) is 11.0. The highest BCUT2D eigenvalue weighted by Crippen LogP contribution is 2.37. The fourth-order valence-electron chi connectivity index (χ4n) is 2.89. The van der Waals surface area contributed by atoms with Gasteiger partial charge in [-0.25, -0.2) is 17.2 Å². The smallest absolute Gasteiger partial charge is 0.322 e. The fraction of sp³-hybridized carbons (Fsp3) is 0.190. The van der Waals surface area contributed by atoms with Gasteiger partial charge >= 0.3 is 6.43 Å². The number of aryl methyl sites for hydroxylation is 1. The Balaban J connectivity index is 2.18. The van der Waals surface area contributed by atoms with E-state index in [4.69, 9.17) is 4.74 Å². The lowest BCUT2D eigenvalue weighted by Gasteiger charge is -2.16. The summed E-state index contributed by atoms with van der Waals surface area (Å²) in [6.07, 6.45) is -3.08. The van der Waals surface area contributed by atoms with E-state index in [0.29, 0.717) is 6.07 Å². The van der Waals surface area contributed by atoms with Gasteiger partial charge in [0, 0.05) is 36.4 Å². The van der Waals surface area contributed by atoms with Crippen molar-refractivity contribution >= 4 is 15.7 Å². The van der Waals surface area contributed by atoms with Crippen LogP contribution in [0.2, 0.25) is 0 Å². The van der Waals surface area contributed by atoms with Crippen molar-refractivity contribution in [2.45, 2.75) is 20.3 Å². The average molecular weight is 470 g/mol. The lowest BCUT2D eigenvalue weighted by Crippen LogP contribution is -2.35. The molecule has 2 aromatic carbocycles. The Labute approximate surface area is 181 Å². The Kier molecular flexibility index (Phi) is 6.58. The minimum atomic E-state index is -3.66. The van der Waals surface area contributed by atoms with Crippen LogP contribution in [-0.2, 0) is 10.0 Å². The SMILES string of the molecule is CCS(=O)(=O)Nc1ccc(Oc2ccc(F)cc2F)c(-c2cc(C)[n+]([O-])c(C(F)F)c2)c1. The van der Waals surface area contributed by atoms with E-state index in [1.54, 1.807) is 0 Å². The Bertz CT molecular complexity index is 1270. The number of alkyl halides is 2. The van der Waals surface area contributed by atoms with Gasteiger partial charge in [0.15, 0.2) is 17.3 Å². The van der Waals surface area contributed by atoms with Crippen LogP contribution in [-0.4, -0.2) is 14.2 Å². The molecule has 0 bridgehead atoms. The topological polar surface area (TPSA) is 82.3 Å². The predicted molar refractivity (Wildman–Crippen MR) is 110 cm³/mol. The molecule has 0 unspecified atom stereocenters. The van der Waals surface area contributed by atoms with Crippen LogP contribution in [0.3, 0.4) is 0 Å². The van der Waals surface area contributed by atoms with E-state index < -0.39 is 33.8 Å². The van der Waals surface area contributed by atoms with Gasteiger partial charge in [0.1, 0.15) is 11.6 Å². The van der Waals surface area contributed by atoms with Crippen molar-refractivity contribution in [3.8, 4) is 22.6 Å². The number of benzene rings is 2. The Morgan fingerprint density at radius 2 is 1.75 bits per heavy atom. The zero-order chi connectivity index (χ0) is 23.6. The van der Waals surface area contributed by atoms with Gasteiger partial charge in [-0.1, -0.05) is 0 Å². The highest BCUT2D eigenvalue weighted by atomic mass is 32.2. The van der Waals surface area contributed by atoms with Crippen LogP contribution in [0.5, 0.6) is 11.5 Å². The second-order valence-corrected chi connectivity index (χ2v) is 8.81. The second-order valence-electron chi connectivity index (χ2n) is 6.80. The summed E-state index contributed by atoms with van der Waals surface area (Å²) < 4.78 is 85.9. The highest BCUT2D eigenvalue weighted by Gasteiger charge is 2.23. The number of nitrogens with one attached hydrogen (secondary N) is 1. The molecule has 11 heteroatoms. The first kappa shape index (κ1) is 23.3. The number of sulfonamides is 1. The van der Waals surface area contributed by atoms with E-state index in [2.05, 4.69) is 4.72 Å². The van der Waals surface area contributed by atoms with Gasteiger partial charge in [-0.05, 0) is 42.8 Å². The number of hydrogen-bond acceptors (Lipinski definition) is 4. The van der Waals surface area contributed by atoms with E-state index in [0.717, 1.165) is 18.2 Å². The zero-order valence-electron chi connectivity index (χ0n) is 16.9. The number of anilines is 1. The third-order valence-corrected chi connectivity index (χ3v) is 5.81. The zero-order valence-corrected chi connectivity index (χ0v) is 17.7. The monoisotopic (exact) mass is 470 g/mol. The molecule has 0 saturated heterocycles. The summed E-state index contributed by atoms with van der Waals surface area (Å²) in [4.78, 5) is 0. The first-order valence-electron chi connectivity index (χ1n) is 9.31. The molecule has 0 spiro atoms. The summed E-state index contributed by atoms with van der Waals surface area (Å²) in [5.41, 5.74) is -0.547. The lowest BCUT2D eigenvalue weighted by molar-refractivity contribution is -0.626. The number of nitrogens with zero attached hydrogens (tertiary/aromatic N) is 1. The van der Waals surface area contributed by atoms with Crippen molar-refractivity contribution < 1.29 is 35.4 Å². The van der Waals surface area contributed by atoms with Gasteiger partial charge in [0.25, 0.3) is 5.69 Å². The summed E-state index contributed by atoms with van der Waals surface area (Å²) >= 11 is 0. The molecule has 170 valence electrons. The van der Waals surface area contributed by atoms with Crippen molar-refractivity contribution in [1.82, 2.24) is 0 Å². The molecule has 0 aliphatic heterocycles. The number of rotatable bonds is 7. The average Bonchev–Trinajstić information content (AvgIpc) is 2.72. The van der Waals surface area contributed by atoms with Crippen LogP contribution in [0.1, 0.15) is 24.7 Å². The van der Waals surface area contributed by atoms with Crippen molar-refractivity contribution in [3.63, 3.8) is 0 Å². The van der Waals surface area contributed by atoms with Gasteiger partial charge in [-0.15, -0.1) is 0 Å². The van der Waals surface area contributed by atoms with Crippen LogP contribution in [0, 0.1) is 23.8 Å². The van der Waals surface area contributed by atoms with E-state index >= 15 is 0 Å². The maximum absolute atomic E-state index is 14.1. The number of halogens is 4. The van der Waals surface area contributed by atoms with Gasteiger partial charge in [0.05, 0.1) is 5.75 Å². The van der Waals surface area contributed by atoms with Crippen LogP contribution < -0.4 is 14.2 Å². The summed E-state index contributed by atoms with van der Waals surface area (Å²) in [6.45, 7) is 2.76. The normalized spacial score (nSPS) is 11.6. The minimum Gasteiger partial charge on any atom is -0.618 e. The number of pyridine rings is 1.